The van der Waals surface area contributed by atoms with E-state index in [4.69, 9.17) is 0 Å². The summed E-state index contributed by atoms with van der Waals surface area (Å²) >= 11 is 0. The fraction of sp³-hybridized carbons (Fsp3) is 0.647. The number of hydrogen-bond donors (Lipinski definition) is 1. The van der Waals surface area contributed by atoms with Crippen LogP contribution in [0.15, 0.2) is 18.2 Å². The molecular formula is C17H28N2. The molecule has 1 aliphatic carbocycles. The monoisotopic (exact) mass is 260 g/mol. The molecule has 0 heterocycles. The predicted molar refractivity (Wildman–Crippen MR) is 85.2 cm³/mol. The first kappa shape index (κ1) is 14.2. The van der Waals surface area contributed by atoms with Crippen LogP contribution in [0.25, 0.3) is 0 Å². The van der Waals surface area contributed by atoms with Gasteiger partial charge in [-0.05, 0) is 42.9 Å². The Balaban J connectivity index is 2.17. The predicted octanol–water partition coefficient (Wildman–Crippen LogP) is 4.44. The molecule has 0 spiro atoms. The van der Waals surface area contributed by atoms with Crippen molar-refractivity contribution in [1.29, 1.82) is 0 Å². The van der Waals surface area contributed by atoms with E-state index in [-0.39, 0.29) is 0 Å². The Labute approximate surface area is 118 Å². The van der Waals surface area contributed by atoms with Crippen molar-refractivity contribution >= 4 is 11.4 Å². The van der Waals surface area contributed by atoms with Gasteiger partial charge in [0.25, 0.3) is 0 Å². The van der Waals surface area contributed by atoms with E-state index in [1.807, 2.05) is 0 Å². The lowest BCUT2D eigenvalue weighted by atomic mass is 9.73. The highest BCUT2D eigenvalue weighted by atomic mass is 15.1. The Hall–Kier alpha value is -1.18. The van der Waals surface area contributed by atoms with Gasteiger partial charge < -0.3 is 10.2 Å². The van der Waals surface area contributed by atoms with Crippen LogP contribution in [0.3, 0.4) is 0 Å². The van der Waals surface area contributed by atoms with Gasteiger partial charge in [0.05, 0.1) is 0 Å². The van der Waals surface area contributed by atoms with Gasteiger partial charge in [-0.1, -0.05) is 32.8 Å². The number of benzene rings is 1. The maximum absolute atomic E-state index is 3.77. The molecule has 1 N–H and O–H groups in total. The Bertz CT molecular complexity index is 435. The largest absolute Gasteiger partial charge is 0.382 e. The number of nitrogens with one attached hydrogen (secondary N) is 1. The minimum absolute atomic E-state index is 0.404. The second-order valence-corrected chi connectivity index (χ2v) is 6.83. The van der Waals surface area contributed by atoms with Crippen molar-refractivity contribution in [2.45, 2.75) is 52.5 Å². The molecule has 106 valence electrons. The average molecular weight is 260 g/mol. The van der Waals surface area contributed by atoms with Crippen LogP contribution in [0, 0.1) is 12.3 Å². The van der Waals surface area contributed by atoms with Gasteiger partial charge >= 0.3 is 0 Å². The Morgan fingerprint density at radius 2 is 1.95 bits per heavy atom. The number of aryl methyl sites for hydroxylation is 1. The summed E-state index contributed by atoms with van der Waals surface area (Å²) in [5.41, 5.74) is 4.30. The SMILES string of the molecule is Cc1ccc(NC2CCCCC2(C)C)cc1N(C)C. The molecule has 0 radical (unpaired) electrons. The normalized spacial score (nSPS) is 22.1. The molecule has 0 aromatic heterocycles. The minimum atomic E-state index is 0.404. The van der Waals surface area contributed by atoms with Gasteiger partial charge in [-0.15, -0.1) is 0 Å². The smallest absolute Gasteiger partial charge is 0.0411 e. The third kappa shape index (κ3) is 3.23. The standard InChI is InChI=1S/C17H28N2/c1-13-9-10-14(12-15(13)19(4)5)18-16-8-6-7-11-17(16,2)3/h9-10,12,16,18H,6-8,11H2,1-5H3. The van der Waals surface area contributed by atoms with Crippen molar-refractivity contribution in [2.75, 3.05) is 24.3 Å². The van der Waals surface area contributed by atoms with Crippen LogP contribution in [-0.2, 0) is 0 Å². The summed E-state index contributed by atoms with van der Waals surface area (Å²) in [6.07, 6.45) is 5.35. The molecule has 0 amide bonds. The summed E-state index contributed by atoms with van der Waals surface area (Å²) in [7, 11) is 4.22. The minimum Gasteiger partial charge on any atom is -0.382 e. The van der Waals surface area contributed by atoms with E-state index in [1.54, 1.807) is 0 Å². The van der Waals surface area contributed by atoms with Gasteiger partial charge in [-0.25, -0.2) is 0 Å². The van der Waals surface area contributed by atoms with Crippen molar-refractivity contribution in [2.24, 2.45) is 5.41 Å². The molecule has 1 atom stereocenters. The molecule has 1 aromatic rings. The summed E-state index contributed by atoms with van der Waals surface area (Å²) in [4.78, 5) is 2.19. The first-order valence-corrected chi connectivity index (χ1v) is 7.45. The lowest BCUT2D eigenvalue weighted by Crippen LogP contribution is -2.38. The maximum atomic E-state index is 3.77. The molecule has 2 rings (SSSR count). The lowest BCUT2D eigenvalue weighted by molar-refractivity contribution is 0.217. The highest BCUT2D eigenvalue weighted by molar-refractivity contribution is 5.62. The molecule has 2 heteroatoms. The summed E-state index contributed by atoms with van der Waals surface area (Å²) in [6.45, 7) is 6.96. The molecule has 0 bridgehead atoms. The Morgan fingerprint density at radius 1 is 1.21 bits per heavy atom. The fourth-order valence-corrected chi connectivity index (χ4v) is 3.14. The van der Waals surface area contributed by atoms with E-state index in [9.17, 15) is 0 Å². The first-order chi connectivity index (χ1) is 8.90. The summed E-state index contributed by atoms with van der Waals surface area (Å²) in [6, 6.07) is 7.31. The quantitative estimate of drug-likeness (QED) is 0.864. The van der Waals surface area contributed by atoms with Gasteiger partial charge in [-0.3, -0.25) is 0 Å². The van der Waals surface area contributed by atoms with Crippen molar-refractivity contribution in [3.63, 3.8) is 0 Å². The van der Waals surface area contributed by atoms with Crippen LogP contribution in [0.5, 0.6) is 0 Å². The van der Waals surface area contributed by atoms with Crippen molar-refractivity contribution in [3.05, 3.63) is 23.8 Å². The van der Waals surface area contributed by atoms with Crippen molar-refractivity contribution in [1.82, 2.24) is 0 Å². The van der Waals surface area contributed by atoms with E-state index in [0.29, 0.717) is 11.5 Å². The molecule has 19 heavy (non-hydrogen) atoms. The highest BCUT2D eigenvalue weighted by Gasteiger charge is 2.31. The first-order valence-electron chi connectivity index (χ1n) is 7.45. The Morgan fingerprint density at radius 3 is 2.58 bits per heavy atom. The van der Waals surface area contributed by atoms with Gasteiger partial charge in [-0.2, -0.15) is 0 Å². The number of hydrogen-bond acceptors (Lipinski definition) is 2. The molecule has 2 nitrogen and oxygen atoms in total. The lowest BCUT2D eigenvalue weighted by Gasteiger charge is -2.39. The van der Waals surface area contributed by atoms with Gasteiger partial charge in [0, 0.05) is 31.5 Å². The summed E-state index contributed by atoms with van der Waals surface area (Å²) in [5.74, 6) is 0. The number of rotatable bonds is 3. The number of nitrogens with zero attached hydrogens (tertiary/aromatic N) is 1. The van der Waals surface area contributed by atoms with Crippen LogP contribution in [-0.4, -0.2) is 20.1 Å². The van der Waals surface area contributed by atoms with E-state index < -0.39 is 0 Å². The molecule has 0 aliphatic heterocycles. The molecule has 1 fully saturated rings. The molecule has 1 aromatic carbocycles. The average Bonchev–Trinajstić information content (AvgIpc) is 2.33. The second kappa shape index (κ2) is 5.44. The van der Waals surface area contributed by atoms with Crippen LogP contribution in [0.2, 0.25) is 0 Å². The van der Waals surface area contributed by atoms with Gasteiger partial charge in [0.1, 0.15) is 0 Å². The van der Waals surface area contributed by atoms with Crippen LogP contribution in [0.4, 0.5) is 11.4 Å². The number of anilines is 2. The fourth-order valence-electron chi connectivity index (χ4n) is 3.14. The molecular weight excluding hydrogens is 232 g/mol. The zero-order valence-corrected chi connectivity index (χ0v) is 13.1. The summed E-state index contributed by atoms with van der Waals surface area (Å²) in [5, 5.41) is 3.77. The molecule has 1 saturated carbocycles. The van der Waals surface area contributed by atoms with Crippen molar-refractivity contribution < 1.29 is 0 Å². The molecule has 1 aliphatic rings. The van der Waals surface area contributed by atoms with E-state index in [1.165, 1.54) is 42.6 Å². The molecule has 0 saturated heterocycles. The van der Waals surface area contributed by atoms with E-state index in [0.717, 1.165) is 0 Å². The molecule has 1 unspecified atom stereocenters. The second-order valence-electron chi connectivity index (χ2n) is 6.83. The van der Waals surface area contributed by atoms with Gasteiger partial charge in [0.15, 0.2) is 0 Å². The topological polar surface area (TPSA) is 15.3 Å². The van der Waals surface area contributed by atoms with E-state index in [2.05, 4.69) is 63.3 Å². The van der Waals surface area contributed by atoms with Crippen LogP contribution >= 0.6 is 0 Å². The third-order valence-corrected chi connectivity index (χ3v) is 4.54. The summed E-state index contributed by atoms with van der Waals surface area (Å²) < 4.78 is 0. The van der Waals surface area contributed by atoms with Crippen LogP contribution < -0.4 is 10.2 Å². The highest BCUT2D eigenvalue weighted by Crippen LogP contribution is 2.37. The van der Waals surface area contributed by atoms with Crippen molar-refractivity contribution in [3.8, 4) is 0 Å². The zero-order valence-electron chi connectivity index (χ0n) is 13.1. The third-order valence-electron chi connectivity index (χ3n) is 4.54. The van der Waals surface area contributed by atoms with Gasteiger partial charge in [0.2, 0.25) is 0 Å². The van der Waals surface area contributed by atoms with E-state index >= 15 is 0 Å². The maximum Gasteiger partial charge on any atom is 0.0411 e. The zero-order chi connectivity index (χ0) is 14.0. The van der Waals surface area contributed by atoms with Crippen LogP contribution in [0.1, 0.15) is 45.1 Å². The Kier molecular flexibility index (Phi) is 4.07.